The van der Waals surface area contributed by atoms with Gasteiger partial charge in [-0.2, -0.15) is 0 Å². The highest BCUT2D eigenvalue weighted by atomic mass is 32.1. The number of thiazole rings is 1. The summed E-state index contributed by atoms with van der Waals surface area (Å²) in [6.07, 6.45) is 0.536. The van der Waals surface area contributed by atoms with Crippen LogP contribution in [0, 0.1) is 5.92 Å². The minimum absolute atomic E-state index is 0.00180. The molecule has 1 atom stereocenters. The first-order chi connectivity index (χ1) is 9.86. The van der Waals surface area contributed by atoms with Crippen LogP contribution < -0.4 is 4.74 Å². The van der Waals surface area contributed by atoms with Crippen molar-refractivity contribution in [1.29, 1.82) is 0 Å². The highest BCUT2D eigenvalue weighted by Gasteiger charge is 2.28. The summed E-state index contributed by atoms with van der Waals surface area (Å²) in [4.78, 5) is 28.5. The molecule has 0 fully saturated rings. The summed E-state index contributed by atoms with van der Waals surface area (Å²) in [6.45, 7) is 8.33. The molecule has 1 unspecified atom stereocenters. The maximum Gasteiger partial charge on any atom is 0.512 e. The Morgan fingerprint density at radius 2 is 2.14 bits per heavy atom. The first kappa shape index (κ1) is 17.4. The van der Waals surface area contributed by atoms with E-state index in [1.165, 1.54) is 11.3 Å². The fourth-order valence-corrected chi connectivity index (χ4v) is 3.15. The Labute approximate surface area is 128 Å². The Hall–Kier alpha value is -1.63. The van der Waals surface area contributed by atoms with Gasteiger partial charge in [0.25, 0.3) is 0 Å². The van der Waals surface area contributed by atoms with E-state index >= 15 is 0 Å². The summed E-state index contributed by atoms with van der Waals surface area (Å²) in [7, 11) is 0. The van der Waals surface area contributed by atoms with Crippen LogP contribution in [0.5, 0.6) is 5.88 Å². The first-order valence-corrected chi connectivity index (χ1v) is 7.88. The Kier molecular flexibility index (Phi) is 6.61. The Balaban J connectivity index is 3.00. The molecule has 1 amide bonds. The molecule has 6 nitrogen and oxygen atoms in total. The molecule has 1 heterocycles. The molecule has 0 aliphatic heterocycles. The summed E-state index contributed by atoms with van der Waals surface area (Å²) in [5.41, 5.74) is 0. The number of carbonyl (C=O) groups is 2. The fourth-order valence-electron chi connectivity index (χ4n) is 2.14. The second kappa shape index (κ2) is 7.97. The van der Waals surface area contributed by atoms with E-state index in [0.29, 0.717) is 11.6 Å². The van der Waals surface area contributed by atoms with E-state index in [0.717, 1.165) is 12.8 Å². The third-order valence-corrected chi connectivity index (χ3v) is 3.96. The maximum absolute atomic E-state index is 11.9. The van der Waals surface area contributed by atoms with Crippen LogP contribution in [0.3, 0.4) is 0 Å². The van der Waals surface area contributed by atoms with Crippen LogP contribution in [0.15, 0.2) is 5.38 Å². The van der Waals surface area contributed by atoms with Gasteiger partial charge in [0, 0.05) is 13.5 Å². The van der Waals surface area contributed by atoms with E-state index < -0.39 is 6.16 Å². The average Bonchev–Trinajstić information content (AvgIpc) is 2.80. The number of unbranched alkanes of at least 4 members (excludes halogenated alkanes) is 1. The Morgan fingerprint density at radius 3 is 2.62 bits per heavy atom. The predicted molar refractivity (Wildman–Crippen MR) is 80.6 cm³/mol. The molecule has 0 radical (unpaired) electrons. The number of ether oxygens (including phenoxy) is 1. The van der Waals surface area contributed by atoms with E-state index in [2.05, 4.69) is 16.6 Å². The number of carboxylic acid groups (broad SMARTS) is 1. The van der Waals surface area contributed by atoms with Crippen molar-refractivity contribution < 1.29 is 19.4 Å². The molecule has 1 aromatic heterocycles. The summed E-state index contributed by atoms with van der Waals surface area (Å²) in [5.74, 6) is 0.236. The molecule has 7 heteroatoms. The van der Waals surface area contributed by atoms with Crippen LogP contribution in [0.25, 0.3) is 0 Å². The van der Waals surface area contributed by atoms with Crippen molar-refractivity contribution in [3.63, 3.8) is 0 Å². The van der Waals surface area contributed by atoms with Gasteiger partial charge in [0.05, 0.1) is 11.4 Å². The van der Waals surface area contributed by atoms with Gasteiger partial charge in [-0.05, 0) is 12.3 Å². The topological polar surface area (TPSA) is 79.7 Å². The SMILES string of the molecule is CCCCN(C(C)=O)C(c1nc(OC(=O)O)cs1)C(C)C. The standard InChI is InChI=1S/C14H22N2O4S/c1-5-6-7-16(10(4)17)12(9(2)3)13-15-11(8-21-13)20-14(18)19/h8-9,12H,5-7H2,1-4H3,(H,18,19). The molecule has 21 heavy (non-hydrogen) atoms. The number of nitrogens with zero attached hydrogens (tertiary/aromatic N) is 2. The lowest BCUT2D eigenvalue weighted by Crippen LogP contribution is -2.36. The zero-order valence-corrected chi connectivity index (χ0v) is 13.6. The molecule has 1 rings (SSSR count). The molecule has 0 bridgehead atoms. The molecule has 118 valence electrons. The second-order valence-electron chi connectivity index (χ2n) is 5.15. The van der Waals surface area contributed by atoms with E-state index in [9.17, 15) is 9.59 Å². The monoisotopic (exact) mass is 314 g/mol. The molecule has 1 aromatic rings. The van der Waals surface area contributed by atoms with Crippen molar-refractivity contribution in [3.05, 3.63) is 10.4 Å². The van der Waals surface area contributed by atoms with Gasteiger partial charge in [-0.25, -0.2) is 9.78 Å². The number of hydrogen-bond donors (Lipinski definition) is 1. The summed E-state index contributed by atoms with van der Waals surface area (Å²) in [6, 6.07) is -0.162. The van der Waals surface area contributed by atoms with Gasteiger partial charge in [0.1, 0.15) is 5.01 Å². The van der Waals surface area contributed by atoms with Crippen LogP contribution in [0.4, 0.5) is 4.79 Å². The van der Waals surface area contributed by atoms with Crippen molar-refractivity contribution in [2.24, 2.45) is 5.92 Å². The van der Waals surface area contributed by atoms with Gasteiger partial charge in [-0.1, -0.05) is 27.2 Å². The maximum atomic E-state index is 11.9. The third-order valence-electron chi connectivity index (χ3n) is 3.07. The highest BCUT2D eigenvalue weighted by molar-refractivity contribution is 7.09. The van der Waals surface area contributed by atoms with E-state index in [4.69, 9.17) is 5.11 Å². The zero-order chi connectivity index (χ0) is 16.0. The molecule has 0 aliphatic rings. The predicted octanol–water partition coefficient (Wildman–Crippen LogP) is 3.55. The zero-order valence-electron chi connectivity index (χ0n) is 12.8. The lowest BCUT2D eigenvalue weighted by molar-refractivity contribution is -0.132. The van der Waals surface area contributed by atoms with Crippen LogP contribution in [-0.2, 0) is 4.79 Å². The fraction of sp³-hybridized carbons (Fsp3) is 0.643. The van der Waals surface area contributed by atoms with Crippen LogP contribution in [-0.4, -0.2) is 33.6 Å². The summed E-state index contributed by atoms with van der Waals surface area (Å²) in [5, 5.41) is 10.9. The molecule has 1 N–H and O–H groups in total. The van der Waals surface area contributed by atoms with Crippen molar-refractivity contribution in [3.8, 4) is 5.88 Å². The third kappa shape index (κ3) is 5.00. The molecule has 0 saturated heterocycles. The van der Waals surface area contributed by atoms with Crippen LogP contribution in [0.2, 0.25) is 0 Å². The number of carbonyl (C=O) groups excluding carboxylic acids is 1. The molecule has 0 aliphatic carbocycles. The number of hydrogen-bond acceptors (Lipinski definition) is 5. The summed E-state index contributed by atoms with van der Waals surface area (Å²) < 4.78 is 4.56. The average molecular weight is 314 g/mol. The normalized spacial score (nSPS) is 12.2. The molecular weight excluding hydrogens is 292 g/mol. The minimum atomic E-state index is -1.39. The molecule has 0 saturated carbocycles. The van der Waals surface area contributed by atoms with Crippen LogP contribution >= 0.6 is 11.3 Å². The quantitative estimate of drug-likeness (QED) is 0.779. The van der Waals surface area contributed by atoms with Gasteiger partial charge >= 0.3 is 6.16 Å². The molecular formula is C14H22N2O4S. The van der Waals surface area contributed by atoms with Gasteiger partial charge in [0.15, 0.2) is 0 Å². The molecule has 0 spiro atoms. The highest BCUT2D eigenvalue weighted by Crippen LogP contribution is 2.33. The lowest BCUT2D eigenvalue weighted by atomic mass is 10.0. The minimum Gasteiger partial charge on any atom is -0.449 e. The van der Waals surface area contributed by atoms with Gasteiger partial charge in [-0.3, -0.25) is 4.79 Å². The largest absolute Gasteiger partial charge is 0.512 e. The Morgan fingerprint density at radius 1 is 1.48 bits per heavy atom. The Bertz CT molecular complexity index is 487. The number of rotatable bonds is 7. The lowest BCUT2D eigenvalue weighted by Gasteiger charge is -2.32. The van der Waals surface area contributed by atoms with Crippen LogP contribution in [0.1, 0.15) is 51.6 Å². The van der Waals surface area contributed by atoms with Crippen molar-refractivity contribution in [2.75, 3.05) is 6.54 Å². The number of amides is 1. The van der Waals surface area contributed by atoms with Gasteiger partial charge in [0.2, 0.25) is 11.8 Å². The van der Waals surface area contributed by atoms with Gasteiger partial charge < -0.3 is 14.7 Å². The number of aromatic nitrogens is 1. The van der Waals surface area contributed by atoms with Gasteiger partial charge in [-0.15, -0.1) is 11.3 Å². The van der Waals surface area contributed by atoms with Crippen molar-refractivity contribution >= 4 is 23.4 Å². The van der Waals surface area contributed by atoms with Crippen molar-refractivity contribution in [2.45, 2.75) is 46.6 Å². The first-order valence-electron chi connectivity index (χ1n) is 7.00. The van der Waals surface area contributed by atoms with Crippen molar-refractivity contribution in [1.82, 2.24) is 9.88 Å². The molecule has 0 aromatic carbocycles. The van der Waals surface area contributed by atoms with E-state index in [1.807, 2.05) is 13.8 Å². The summed E-state index contributed by atoms with van der Waals surface area (Å²) >= 11 is 1.31. The van der Waals surface area contributed by atoms with E-state index in [1.54, 1.807) is 17.2 Å². The second-order valence-corrected chi connectivity index (χ2v) is 6.04. The smallest absolute Gasteiger partial charge is 0.449 e. The van der Waals surface area contributed by atoms with E-state index in [-0.39, 0.29) is 23.7 Å².